The topological polar surface area (TPSA) is 90.7 Å². The van der Waals surface area contributed by atoms with Gasteiger partial charge < -0.3 is 20.5 Å². The summed E-state index contributed by atoms with van der Waals surface area (Å²) >= 11 is 0. The zero-order chi connectivity index (χ0) is 17.7. The highest BCUT2D eigenvalue weighted by molar-refractivity contribution is 5.96. The number of ether oxygens (including phenoxy) is 2. The van der Waals surface area contributed by atoms with Gasteiger partial charge in [-0.15, -0.1) is 0 Å². The van der Waals surface area contributed by atoms with Crippen LogP contribution in [0.25, 0.3) is 0 Å². The summed E-state index contributed by atoms with van der Waals surface area (Å²) < 4.78 is 24.1. The number of anilines is 1. The van der Waals surface area contributed by atoms with E-state index in [0.717, 1.165) is 5.56 Å². The molecule has 0 fully saturated rings. The van der Waals surface area contributed by atoms with Gasteiger partial charge in [0.25, 0.3) is 11.8 Å². The van der Waals surface area contributed by atoms with E-state index in [4.69, 9.17) is 15.2 Å². The van der Waals surface area contributed by atoms with E-state index in [2.05, 4.69) is 5.32 Å². The maximum Gasteiger partial charge on any atom is 0.262 e. The SMILES string of the molecule is COc1ccc(C(N)=O)c(OCC(=O)Nc2ccc(C)cc2F)c1. The van der Waals surface area contributed by atoms with Crippen LogP contribution in [0.4, 0.5) is 10.1 Å². The first-order valence-corrected chi connectivity index (χ1v) is 7.07. The molecule has 2 aromatic rings. The molecule has 2 rings (SSSR count). The number of nitrogens with two attached hydrogens (primary N) is 1. The van der Waals surface area contributed by atoms with Crippen LogP contribution in [0.15, 0.2) is 36.4 Å². The van der Waals surface area contributed by atoms with E-state index in [1.807, 2.05) is 0 Å². The van der Waals surface area contributed by atoms with Gasteiger partial charge in [0, 0.05) is 6.07 Å². The van der Waals surface area contributed by atoms with Crippen LogP contribution in [0.3, 0.4) is 0 Å². The van der Waals surface area contributed by atoms with Gasteiger partial charge in [-0.2, -0.15) is 0 Å². The van der Waals surface area contributed by atoms with Crippen molar-refractivity contribution >= 4 is 17.5 Å². The third-order valence-corrected chi connectivity index (χ3v) is 3.21. The Bertz CT molecular complexity index is 777. The minimum atomic E-state index is -0.697. The smallest absolute Gasteiger partial charge is 0.262 e. The fraction of sp³-hybridized carbons (Fsp3) is 0.176. The lowest BCUT2D eigenvalue weighted by molar-refractivity contribution is -0.118. The van der Waals surface area contributed by atoms with Crippen molar-refractivity contribution in [2.75, 3.05) is 19.0 Å². The van der Waals surface area contributed by atoms with Crippen LogP contribution in [-0.2, 0) is 4.79 Å². The molecule has 0 saturated heterocycles. The average molecular weight is 332 g/mol. The number of hydrogen-bond acceptors (Lipinski definition) is 4. The highest BCUT2D eigenvalue weighted by Gasteiger charge is 2.13. The first-order chi connectivity index (χ1) is 11.4. The highest BCUT2D eigenvalue weighted by atomic mass is 19.1. The zero-order valence-electron chi connectivity index (χ0n) is 13.3. The van der Waals surface area contributed by atoms with Crippen LogP contribution in [0.2, 0.25) is 0 Å². The third-order valence-electron chi connectivity index (χ3n) is 3.21. The molecule has 0 aliphatic heterocycles. The van der Waals surface area contributed by atoms with E-state index in [9.17, 15) is 14.0 Å². The highest BCUT2D eigenvalue weighted by Crippen LogP contribution is 2.24. The Morgan fingerprint density at radius 3 is 2.58 bits per heavy atom. The Kier molecular flexibility index (Phi) is 5.36. The third kappa shape index (κ3) is 4.22. The Hall–Kier alpha value is -3.09. The number of methoxy groups -OCH3 is 1. The Morgan fingerprint density at radius 2 is 1.96 bits per heavy atom. The van der Waals surface area contributed by atoms with Crippen LogP contribution in [0.1, 0.15) is 15.9 Å². The largest absolute Gasteiger partial charge is 0.497 e. The van der Waals surface area contributed by atoms with E-state index in [1.54, 1.807) is 19.1 Å². The number of nitrogens with one attached hydrogen (secondary N) is 1. The summed E-state index contributed by atoms with van der Waals surface area (Å²) in [6.45, 7) is 1.33. The minimum Gasteiger partial charge on any atom is -0.497 e. The molecule has 24 heavy (non-hydrogen) atoms. The Morgan fingerprint density at radius 1 is 1.21 bits per heavy atom. The molecule has 126 valence electrons. The maximum absolute atomic E-state index is 13.7. The van der Waals surface area contributed by atoms with Crippen LogP contribution in [0, 0.1) is 12.7 Å². The van der Waals surface area contributed by atoms with Crippen LogP contribution >= 0.6 is 0 Å². The first kappa shape index (κ1) is 17.3. The number of hydrogen-bond donors (Lipinski definition) is 2. The molecule has 0 unspecified atom stereocenters. The molecule has 0 aromatic heterocycles. The Balaban J connectivity index is 2.07. The number of halogens is 1. The number of carbonyl (C=O) groups is 2. The number of aryl methyl sites for hydroxylation is 1. The lowest BCUT2D eigenvalue weighted by atomic mass is 10.2. The second kappa shape index (κ2) is 7.45. The predicted molar refractivity (Wildman–Crippen MR) is 86.8 cm³/mol. The van der Waals surface area contributed by atoms with E-state index >= 15 is 0 Å². The number of carbonyl (C=O) groups excluding carboxylic acids is 2. The standard InChI is InChI=1S/C17H17FN2O4/c1-10-3-6-14(13(18)7-10)20-16(21)9-24-15-8-11(23-2)4-5-12(15)17(19)22/h3-8H,9H2,1-2H3,(H2,19,22)(H,20,21). The van der Waals surface area contributed by atoms with Gasteiger partial charge in [0.15, 0.2) is 6.61 Å². The van der Waals surface area contributed by atoms with Crippen molar-refractivity contribution in [1.82, 2.24) is 0 Å². The van der Waals surface area contributed by atoms with Crippen LogP contribution in [-0.4, -0.2) is 25.5 Å². The Labute approximate surface area is 138 Å². The van der Waals surface area contributed by atoms with Gasteiger partial charge in [-0.1, -0.05) is 6.07 Å². The van der Waals surface area contributed by atoms with Crippen molar-refractivity contribution in [2.45, 2.75) is 6.92 Å². The molecule has 0 aliphatic rings. The number of benzene rings is 2. The molecule has 7 heteroatoms. The molecule has 0 aliphatic carbocycles. The molecule has 0 atom stereocenters. The van der Waals surface area contributed by atoms with Crippen molar-refractivity contribution in [3.05, 3.63) is 53.3 Å². The molecule has 0 spiro atoms. The summed E-state index contributed by atoms with van der Waals surface area (Å²) in [7, 11) is 1.45. The molecule has 0 radical (unpaired) electrons. The van der Waals surface area contributed by atoms with Crippen molar-refractivity contribution in [3.8, 4) is 11.5 Å². The molecule has 0 bridgehead atoms. The van der Waals surface area contributed by atoms with Crippen molar-refractivity contribution in [2.24, 2.45) is 5.73 Å². The molecule has 0 heterocycles. The van der Waals surface area contributed by atoms with Crippen molar-refractivity contribution < 1.29 is 23.5 Å². The fourth-order valence-electron chi connectivity index (χ4n) is 2.00. The van der Waals surface area contributed by atoms with Gasteiger partial charge in [-0.3, -0.25) is 9.59 Å². The average Bonchev–Trinajstić information content (AvgIpc) is 2.55. The number of rotatable bonds is 6. The van der Waals surface area contributed by atoms with E-state index in [0.29, 0.717) is 5.75 Å². The first-order valence-electron chi connectivity index (χ1n) is 7.07. The molecule has 3 N–H and O–H groups in total. The molecule has 2 amide bonds. The summed E-state index contributed by atoms with van der Waals surface area (Å²) in [5.41, 5.74) is 6.17. The lowest BCUT2D eigenvalue weighted by Crippen LogP contribution is -2.22. The molecule has 0 saturated carbocycles. The van der Waals surface area contributed by atoms with Crippen molar-refractivity contribution in [3.63, 3.8) is 0 Å². The van der Waals surface area contributed by atoms with E-state index in [1.165, 1.54) is 31.4 Å². The monoisotopic (exact) mass is 332 g/mol. The van der Waals surface area contributed by atoms with Gasteiger partial charge >= 0.3 is 0 Å². The van der Waals surface area contributed by atoms with Crippen LogP contribution < -0.4 is 20.5 Å². The predicted octanol–water partition coefficient (Wildman–Crippen LogP) is 2.26. The van der Waals surface area contributed by atoms with Crippen LogP contribution in [0.5, 0.6) is 11.5 Å². The second-order valence-corrected chi connectivity index (χ2v) is 5.05. The normalized spacial score (nSPS) is 10.1. The van der Waals surface area contributed by atoms with Gasteiger partial charge in [0.1, 0.15) is 17.3 Å². The van der Waals surface area contributed by atoms with Gasteiger partial charge in [-0.25, -0.2) is 4.39 Å². The maximum atomic E-state index is 13.7. The zero-order valence-corrected chi connectivity index (χ0v) is 13.3. The van der Waals surface area contributed by atoms with Crippen molar-refractivity contribution in [1.29, 1.82) is 0 Å². The summed E-state index contributed by atoms with van der Waals surface area (Å²) in [5, 5.41) is 2.40. The minimum absolute atomic E-state index is 0.0509. The fourth-order valence-corrected chi connectivity index (χ4v) is 2.00. The molecular weight excluding hydrogens is 315 g/mol. The molecule has 2 aromatic carbocycles. The molecule has 6 nitrogen and oxygen atoms in total. The quantitative estimate of drug-likeness (QED) is 0.849. The van der Waals surface area contributed by atoms with Gasteiger partial charge in [0.05, 0.1) is 18.4 Å². The summed E-state index contributed by atoms with van der Waals surface area (Å²) in [5.74, 6) is -1.25. The number of amides is 2. The van der Waals surface area contributed by atoms with E-state index < -0.39 is 24.2 Å². The molecular formula is C17H17FN2O4. The van der Waals surface area contributed by atoms with Gasteiger partial charge in [-0.05, 0) is 36.8 Å². The number of primary amides is 1. The van der Waals surface area contributed by atoms with E-state index in [-0.39, 0.29) is 17.0 Å². The second-order valence-electron chi connectivity index (χ2n) is 5.05. The lowest BCUT2D eigenvalue weighted by Gasteiger charge is -2.12. The summed E-state index contributed by atoms with van der Waals surface area (Å²) in [6, 6.07) is 8.88. The van der Waals surface area contributed by atoms with Gasteiger partial charge in [0.2, 0.25) is 0 Å². The summed E-state index contributed by atoms with van der Waals surface area (Å²) in [6.07, 6.45) is 0. The summed E-state index contributed by atoms with van der Waals surface area (Å²) in [4.78, 5) is 23.3.